The van der Waals surface area contributed by atoms with Crippen molar-refractivity contribution >= 4 is 0 Å². The molecule has 0 saturated heterocycles. The van der Waals surface area contributed by atoms with Crippen molar-refractivity contribution < 1.29 is 4.84 Å². The van der Waals surface area contributed by atoms with Crippen LogP contribution in [0.3, 0.4) is 0 Å². The predicted octanol–water partition coefficient (Wildman–Crippen LogP) is -0.140. The summed E-state index contributed by atoms with van der Waals surface area (Å²) in [7, 11) is 0. The van der Waals surface area contributed by atoms with Gasteiger partial charge in [0.1, 0.15) is 0 Å². The molecule has 0 fully saturated rings. The molecule has 0 aliphatic rings. The summed E-state index contributed by atoms with van der Waals surface area (Å²) in [5, 5.41) is 0. The standard InChI is InChI=1S/C5H14N2O/c1-4(3-8-7)5(2)6/h4-5H,3,6-7H2,1-2H3. The maximum absolute atomic E-state index is 5.49. The van der Waals surface area contributed by atoms with Crippen LogP contribution in [0.1, 0.15) is 13.8 Å². The number of nitrogens with two attached hydrogens (primary N) is 2. The molecule has 2 unspecified atom stereocenters. The second kappa shape index (κ2) is 3.83. The van der Waals surface area contributed by atoms with Crippen molar-refractivity contribution in [3.05, 3.63) is 0 Å². The van der Waals surface area contributed by atoms with E-state index < -0.39 is 0 Å². The Balaban J connectivity index is 3.17. The molecule has 0 heterocycles. The van der Waals surface area contributed by atoms with Gasteiger partial charge in [-0.15, -0.1) is 0 Å². The summed E-state index contributed by atoms with van der Waals surface area (Å²) in [6, 6.07) is 0.165. The van der Waals surface area contributed by atoms with E-state index in [0.29, 0.717) is 12.5 Å². The smallest absolute Gasteiger partial charge is 0.0719 e. The molecule has 3 nitrogen and oxygen atoms in total. The molecule has 0 rings (SSSR count). The van der Waals surface area contributed by atoms with Gasteiger partial charge in [0, 0.05) is 6.04 Å². The van der Waals surface area contributed by atoms with Crippen LogP contribution in [0.5, 0.6) is 0 Å². The van der Waals surface area contributed by atoms with E-state index >= 15 is 0 Å². The van der Waals surface area contributed by atoms with Gasteiger partial charge in [-0.3, -0.25) is 0 Å². The van der Waals surface area contributed by atoms with Crippen LogP contribution < -0.4 is 11.6 Å². The summed E-state index contributed by atoms with van der Waals surface area (Å²) in [5.41, 5.74) is 5.49. The monoisotopic (exact) mass is 118 g/mol. The number of hydrogen-bond donors (Lipinski definition) is 2. The molecule has 50 valence electrons. The Kier molecular flexibility index (Phi) is 3.77. The van der Waals surface area contributed by atoms with E-state index in [4.69, 9.17) is 11.6 Å². The average Bonchev–Trinajstić information content (AvgIpc) is 1.67. The van der Waals surface area contributed by atoms with Gasteiger partial charge in [0.2, 0.25) is 0 Å². The first-order valence-electron chi connectivity index (χ1n) is 2.75. The fourth-order valence-electron chi connectivity index (χ4n) is 0.304. The molecular weight excluding hydrogens is 104 g/mol. The Morgan fingerprint density at radius 3 is 2.12 bits per heavy atom. The maximum atomic E-state index is 5.49. The van der Waals surface area contributed by atoms with E-state index in [-0.39, 0.29) is 6.04 Å². The van der Waals surface area contributed by atoms with Gasteiger partial charge in [0.05, 0.1) is 6.61 Å². The fourth-order valence-corrected chi connectivity index (χ4v) is 0.304. The van der Waals surface area contributed by atoms with Gasteiger partial charge in [-0.05, 0) is 12.8 Å². The lowest BCUT2D eigenvalue weighted by atomic mass is 10.1. The number of hydrogen-bond acceptors (Lipinski definition) is 3. The third kappa shape index (κ3) is 2.96. The van der Waals surface area contributed by atoms with E-state index in [9.17, 15) is 0 Å². The van der Waals surface area contributed by atoms with Gasteiger partial charge in [-0.2, -0.15) is 0 Å². The van der Waals surface area contributed by atoms with Crippen LogP contribution in [0.15, 0.2) is 0 Å². The summed E-state index contributed by atoms with van der Waals surface area (Å²) >= 11 is 0. The predicted molar refractivity (Wildman–Crippen MR) is 33.0 cm³/mol. The van der Waals surface area contributed by atoms with Crippen LogP contribution >= 0.6 is 0 Å². The van der Waals surface area contributed by atoms with Gasteiger partial charge >= 0.3 is 0 Å². The van der Waals surface area contributed by atoms with Crippen LogP contribution in [0.25, 0.3) is 0 Å². The highest BCUT2D eigenvalue weighted by Crippen LogP contribution is 1.97. The van der Waals surface area contributed by atoms with E-state index in [1.54, 1.807) is 0 Å². The molecule has 2 atom stereocenters. The first-order chi connectivity index (χ1) is 3.68. The van der Waals surface area contributed by atoms with Crippen molar-refractivity contribution in [2.24, 2.45) is 17.5 Å². The molecule has 3 heteroatoms. The minimum absolute atomic E-state index is 0.165. The minimum Gasteiger partial charge on any atom is -0.328 e. The zero-order chi connectivity index (χ0) is 6.57. The zero-order valence-electron chi connectivity index (χ0n) is 5.42. The zero-order valence-corrected chi connectivity index (χ0v) is 5.42. The van der Waals surface area contributed by atoms with Crippen molar-refractivity contribution in [1.82, 2.24) is 0 Å². The highest BCUT2D eigenvalue weighted by atomic mass is 16.6. The summed E-state index contributed by atoms with van der Waals surface area (Å²) in [6.07, 6.45) is 0. The molecule has 8 heavy (non-hydrogen) atoms. The summed E-state index contributed by atoms with van der Waals surface area (Å²) in [6.45, 7) is 4.47. The van der Waals surface area contributed by atoms with E-state index in [1.807, 2.05) is 13.8 Å². The summed E-state index contributed by atoms with van der Waals surface area (Å²) < 4.78 is 0. The molecule has 0 amide bonds. The minimum atomic E-state index is 0.165. The molecular formula is C5H14N2O. The summed E-state index contributed by atoms with van der Waals surface area (Å²) in [4.78, 5) is 4.38. The molecule has 0 spiro atoms. The largest absolute Gasteiger partial charge is 0.328 e. The third-order valence-electron chi connectivity index (χ3n) is 1.26. The van der Waals surface area contributed by atoms with Crippen LogP contribution in [0.2, 0.25) is 0 Å². The average molecular weight is 118 g/mol. The first kappa shape index (κ1) is 7.88. The Bertz CT molecular complexity index is 56.4. The lowest BCUT2D eigenvalue weighted by Gasteiger charge is -2.12. The Morgan fingerprint density at radius 2 is 2.00 bits per heavy atom. The Labute approximate surface area is 49.9 Å². The van der Waals surface area contributed by atoms with Crippen LogP contribution in [0, 0.1) is 5.92 Å². The van der Waals surface area contributed by atoms with E-state index in [1.165, 1.54) is 0 Å². The fraction of sp³-hybridized carbons (Fsp3) is 1.00. The quantitative estimate of drug-likeness (QED) is 0.507. The van der Waals surface area contributed by atoms with Gasteiger partial charge in [0.25, 0.3) is 0 Å². The number of rotatable bonds is 3. The van der Waals surface area contributed by atoms with Crippen LogP contribution in [-0.4, -0.2) is 12.6 Å². The van der Waals surface area contributed by atoms with E-state index in [0.717, 1.165) is 0 Å². The van der Waals surface area contributed by atoms with Crippen LogP contribution in [0.4, 0.5) is 0 Å². The molecule has 4 N–H and O–H groups in total. The second-order valence-corrected chi connectivity index (χ2v) is 2.17. The molecule has 0 aromatic rings. The van der Waals surface area contributed by atoms with Gasteiger partial charge in [0.15, 0.2) is 0 Å². The molecule has 0 saturated carbocycles. The van der Waals surface area contributed by atoms with Gasteiger partial charge in [-0.25, -0.2) is 5.90 Å². The van der Waals surface area contributed by atoms with E-state index in [2.05, 4.69) is 4.84 Å². The molecule has 0 aliphatic carbocycles. The van der Waals surface area contributed by atoms with Crippen molar-refractivity contribution in [1.29, 1.82) is 0 Å². The van der Waals surface area contributed by atoms with Gasteiger partial charge in [-0.1, -0.05) is 6.92 Å². The highest BCUT2D eigenvalue weighted by Gasteiger charge is 2.05. The molecule has 0 bridgehead atoms. The van der Waals surface area contributed by atoms with Gasteiger partial charge < -0.3 is 10.6 Å². The Hall–Kier alpha value is -0.120. The highest BCUT2D eigenvalue weighted by molar-refractivity contribution is 4.60. The second-order valence-electron chi connectivity index (χ2n) is 2.17. The summed E-state index contributed by atoms with van der Waals surface area (Å²) in [5.74, 6) is 5.16. The van der Waals surface area contributed by atoms with Crippen LogP contribution in [-0.2, 0) is 4.84 Å². The first-order valence-corrected chi connectivity index (χ1v) is 2.75. The van der Waals surface area contributed by atoms with Crippen molar-refractivity contribution in [2.45, 2.75) is 19.9 Å². The van der Waals surface area contributed by atoms with Crippen molar-refractivity contribution in [2.75, 3.05) is 6.61 Å². The SMILES string of the molecule is CC(N)C(C)CON. The normalized spacial score (nSPS) is 18.0. The lowest BCUT2D eigenvalue weighted by molar-refractivity contribution is 0.100. The van der Waals surface area contributed by atoms with Crippen molar-refractivity contribution in [3.8, 4) is 0 Å². The molecule has 0 radical (unpaired) electrons. The topological polar surface area (TPSA) is 61.3 Å². The maximum Gasteiger partial charge on any atom is 0.0719 e. The third-order valence-corrected chi connectivity index (χ3v) is 1.26. The van der Waals surface area contributed by atoms with Crippen molar-refractivity contribution in [3.63, 3.8) is 0 Å². The molecule has 0 aromatic heterocycles. The molecule has 0 aromatic carbocycles. The lowest BCUT2D eigenvalue weighted by Crippen LogP contribution is -2.28. The molecule has 0 aliphatic heterocycles. The Morgan fingerprint density at radius 1 is 1.50 bits per heavy atom.